The molecule has 0 aromatic carbocycles. The molecule has 0 rings (SSSR count). The standard InChI is InChI=1S/C20H38N2O5/c1-2-3-4-5-6-7-8-9-10-11-16-27-19(24)14-15-22-17(20(25)26)12-13-18(21)23/h17,22H,2-16H2,1H3,(H2,21,23)(H,25,26). The molecule has 1 unspecified atom stereocenters. The summed E-state index contributed by atoms with van der Waals surface area (Å²) in [6.07, 6.45) is 12.5. The predicted octanol–water partition coefficient (Wildman–Crippen LogP) is 3.15. The molecule has 1 amide bonds. The van der Waals surface area contributed by atoms with Crippen LogP contribution in [0.5, 0.6) is 0 Å². The first kappa shape index (κ1) is 25.4. The summed E-state index contributed by atoms with van der Waals surface area (Å²) >= 11 is 0. The van der Waals surface area contributed by atoms with Crippen molar-refractivity contribution < 1.29 is 24.2 Å². The fourth-order valence-corrected chi connectivity index (χ4v) is 2.80. The smallest absolute Gasteiger partial charge is 0.320 e. The number of ether oxygens (including phenoxy) is 1. The highest BCUT2D eigenvalue weighted by Crippen LogP contribution is 2.10. The normalized spacial score (nSPS) is 11.9. The number of carbonyl (C=O) groups is 3. The average molecular weight is 387 g/mol. The van der Waals surface area contributed by atoms with Gasteiger partial charge in [0.25, 0.3) is 0 Å². The van der Waals surface area contributed by atoms with Crippen LogP contribution in [0.15, 0.2) is 0 Å². The molecule has 0 aliphatic heterocycles. The lowest BCUT2D eigenvalue weighted by Gasteiger charge is -2.13. The zero-order chi connectivity index (χ0) is 20.3. The van der Waals surface area contributed by atoms with Crippen molar-refractivity contribution in [1.29, 1.82) is 0 Å². The summed E-state index contributed by atoms with van der Waals surface area (Å²) in [6.45, 7) is 2.84. The minimum atomic E-state index is -1.06. The van der Waals surface area contributed by atoms with Crippen molar-refractivity contribution in [1.82, 2.24) is 5.32 Å². The monoisotopic (exact) mass is 386 g/mol. The number of rotatable bonds is 19. The van der Waals surface area contributed by atoms with Gasteiger partial charge >= 0.3 is 11.9 Å². The van der Waals surface area contributed by atoms with Crippen molar-refractivity contribution >= 4 is 17.8 Å². The molecule has 0 fully saturated rings. The van der Waals surface area contributed by atoms with Gasteiger partial charge in [-0.2, -0.15) is 0 Å². The van der Waals surface area contributed by atoms with Crippen LogP contribution in [0.4, 0.5) is 0 Å². The molecular weight excluding hydrogens is 348 g/mol. The zero-order valence-corrected chi connectivity index (χ0v) is 16.8. The maximum atomic E-state index is 11.6. The lowest BCUT2D eigenvalue weighted by molar-refractivity contribution is -0.144. The number of carboxylic acids is 1. The number of hydrogen-bond acceptors (Lipinski definition) is 5. The van der Waals surface area contributed by atoms with E-state index in [0.29, 0.717) is 6.61 Å². The molecule has 0 saturated carbocycles. The zero-order valence-electron chi connectivity index (χ0n) is 16.8. The maximum Gasteiger partial charge on any atom is 0.320 e. The minimum Gasteiger partial charge on any atom is -0.480 e. The fourth-order valence-electron chi connectivity index (χ4n) is 2.80. The Morgan fingerprint density at radius 1 is 0.926 bits per heavy atom. The number of hydrogen-bond donors (Lipinski definition) is 3. The molecule has 0 aromatic rings. The Bertz CT molecular complexity index is 415. The minimum absolute atomic E-state index is 0.00679. The average Bonchev–Trinajstić information content (AvgIpc) is 2.62. The van der Waals surface area contributed by atoms with Gasteiger partial charge in [-0.1, -0.05) is 64.7 Å². The SMILES string of the molecule is CCCCCCCCCCCCOC(=O)CCNC(CCC(N)=O)C(=O)O. The summed E-state index contributed by atoms with van der Waals surface area (Å²) in [7, 11) is 0. The molecule has 0 aromatic heterocycles. The van der Waals surface area contributed by atoms with E-state index in [1.807, 2.05) is 0 Å². The lowest BCUT2D eigenvalue weighted by Crippen LogP contribution is -2.38. The molecule has 4 N–H and O–H groups in total. The molecule has 158 valence electrons. The van der Waals surface area contributed by atoms with E-state index in [4.69, 9.17) is 15.6 Å². The molecule has 1 atom stereocenters. The van der Waals surface area contributed by atoms with Gasteiger partial charge in [-0.25, -0.2) is 0 Å². The third kappa shape index (κ3) is 17.5. The van der Waals surface area contributed by atoms with Crippen LogP contribution in [0.1, 0.15) is 90.4 Å². The highest BCUT2D eigenvalue weighted by atomic mass is 16.5. The summed E-state index contributed by atoms with van der Waals surface area (Å²) in [5.41, 5.74) is 5.01. The molecule has 0 spiro atoms. The Balaban J connectivity index is 3.52. The molecule has 27 heavy (non-hydrogen) atoms. The summed E-state index contributed by atoms with van der Waals surface area (Å²) in [5.74, 6) is -1.94. The molecular formula is C20H38N2O5. The van der Waals surface area contributed by atoms with Crippen molar-refractivity contribution in [3.05, 3.63) is 0 Å². The second-order valence-corrected chi connectivity index (χ2v) is 7.00. The largest absolute Gasteiger partial charge is 0.480 e. The topological polar surface area (TPSA) is 119 Å². The quantitative estimate of drug-likeness (QED) is 0.232. The van der Waals surface area contributed by atoms with Crippen LogP contribution < -0.4 is 11.1 Å². The van der Waals surface area contributed by atoms with E-state index in [1.165, 1.54) is 51.4 Å². The van der Waals surface area contributed by atoms with Crippen molar-refractivity contribution in [2.75, 3.05) is 13.2 Å². The Morgan fingerprint density at radius 2 is 1.48 bits per heavy atom. The van der Waals surface area contributed by atoms with E-state index >= 15 is 0 Å². The van der Waals surface area contributed by atoms with Crippen LogP contribution in [0, 0.1) is 0 Å². The van der Waals surface area contributed by atoms with Gasteiger partial charge in [0.1, 0.15) is 6.04 Å². The van der Waals surface area contributed by atoms with E-state index in [9.17, 15) is 14.4 Å². The van der Waals surface area contributed by atoms with Crippen LogP contribution in [0.2, 0.25) is 0 Å². The first-order chi connectivity index (χ1) is 13.0. The Hall–Kier alpha value is -1.63. The van der Waals surface area contributed by atoms with Gasteiger partial charge in [-0.15, -0.1) is 0 Å². The Labute approximate surface area is 163 Å². The van der Waals surface area contributed by atoms with Crippen LogP contribution in [0.25, 0.3) is 0 Å². The van der Waals surface area contributed by atoms with E-state index in [-0.39, 0.29) is 31.8 Å². The molecule has 0 aliphatic rings. The first-order valence-electron chi connectivity index (χ1n) is 10.4. The van der Waals surface area contributed by atoms with Gasteiger partial charge in [0.15, 0.2) is 0 Å². The highest BCUT2D eigenvalue weighted by Gasteiger charge is 2.17. The number of aliphatic carboxylic acids is 1. The van der Waals surface area contributed by atoms with Crippen LogP contribution in [-0.2, 0) is 19.1 Å². The van der Waals surface area contributed by atoms with Crippen molar-refractivity contribution in [2.45, 2.75) is 96.4 Å². The number of nitrogens with one attached hydrogen (secondary N) is 1. The molecule has 7 heteroatoms. The predicted molar refractivity (Wildman–Crippen MR) is 105 cm³/mol. The van der Waals surface area contributed by atoms with E-state index in [2.05, 4.69) is 12.2 Å². The summed E-state index contributed by atoms with van der Waals surface area (Å²) in [6, 6.07) is -0.882. The summed E-state index contributed by atoms with van der Waals surface area (Å²) in [5, 5.41) is 11.8. The number of carboxylic acid groups (broad SMARTS) is 1. The maximum absolute atomic E-state index is 11.6. The second kappa shape index (κ2) is 17.8. The number of primary amides is 1. The third-order valence-electron chi connectivity index (χ3n) is 4.46. The number of carbonyl (C=O) groups excluding carboxylic acids is 2. The van der Waals surface area contributed by atoms with E-state index in [1.54, 1.807) is 0 Å². The molecule has 0 aliphatic carbocycles. The fraction of sp³-hybridized carbons (Fsp3) is 0.850. The molecule has 0 bridgehead atoms. The Morgan fingerprint density at radius 3 is 2.00 bits per heavy atom. The van der Waals surface area contributed by atoms with Gasteiger partial charge in [0.2, 0.25) is 5.91 Å². The van der Waals surface area contributed by atoms with Gasteiger partial charge < -0.3 is 20.9 Å². The van der Waals surface area contributed by atoms with Crippen LogP contribution in [0.3, 0.4) is 0 Å². The van der Waals surface area contributed by atoms with E-state index < -0.39 is 17.9 Å². The number of unbranched alkanes of at least 4 members (excludes halogenated alkanes) is 9. The first-order valence-corrected chi connectivity index (χ1v) is 10.4. The molecule has 0 saturated heterocycles. The highest BCUT2D eigenvalue weighted by molar-refractivity contribution is 5.77. The molecule has 7 nitrogen and oxygen atoms in total. The van der Waals surface area contributed by atoms with Crippen LogP contribution in [-0.4, -0.2) is 42.1 Å². The summed E-state index contributed by atoms with van der Waals surface area (Å²) in [4.78, 5) is 33.4. The van der Waals surface area contributed by atoms with Crippen LogP contribution >= 0.6 is 0 Å². The summed E-state index contributed by atoms with van der Waals surface area (Å²) < 4.78 is 5.15. The van der Waals surface area contributed by atoms with Gasteiger partial charge in [-0.3, -0.25) is 14.4 Å². The molecule has 0 radical (unpaired) electrons. The third-order valence-corrected chi connectivity index (χ3v) is 4.46. The number of esters is 1. The Kier molecular flexibility index (Phi) is 16.7. The van der Waals surface area contributed by atoms with Crippen molar-refractivity contribution in [3.63, 3.8) is 0 Å². The van der Waals surface area contributed by atoms with Crippen molar-refractivity contribution in [3.8, 4) is 0 Å². The molecule has 0 heterocycles. The van der Waals surface area contributed by atoms with Gasteiger partial charge in [0.05, 0.1) is 13.0 Å². The van der Waals surface area contributed by atoms with Gasteiger partial charge in [-0.05, 0) is 12.8 Å². The number of amides is 1. The lowest BCUT2D eigenvalue weighted by atomic mass is 10.1. The van der Waals surface area contributed by atoms with Gasteiger partial charge in [0, 0.05) is 13.0 Å². The second-order valence-electron chi connectivity index (χ2n) is 7.00. The number of nitrogens with two attached hydrogens (primary N) is 1. The van der Waals surface area contributed by atoms with Crippen molar-refractivity contribution in [2.24, 2.45) is 5.73 Å². The van der Waals surface area contributed by atoms with E-state index in [0.717, 1.165) is 12.8 Å².